The first kappa shape index (κ1) is 12.5. The summed E-state index contributed by atoms with van der Waals surface area (Å²) in [5.41, 5.74) is 11.9. The fourth-order valence-electron chi connectivity index (χ4n) is 2.72. The molecule has 0 amide bonds. The highest BCUT2D eigenvalue weighted by Crippen LogP contribution is 2.38. The van der Waals surface area contributed by atoms with E-state index in [1.807, 2.05) is 12.1 Å². The highest BCUT2D eigenvalue weighted by molar-refractivity contribution is 9.10. The van der Waals surface area contributed by atoms with Gasteiger partial charge >= 0.3 is 0 Å². The molecule has 2 aromatic rings. The molecule has 3 heteroatoms. The zero-order chi connectivity index (χ0) is 13.4. The van der Waals surface area contributed by atoms with Gasteiger partial charge in [0.2, 0.25) is 0 Å². The topological polar surface area (TPSA) is 29.3 Å². The van der Waals surface area contributed by atoms with Crippen LogP contribution in [0.3, 0.4) is 0 Å². The van der Waals surface area contributed by atoms with Crippen LogP contribution in [0.5, 0.6) is 0 Å². The molecule has 0 atom stereocenters. The number of nitrogen functional groups attached to an aromatic ring is 1. The summed E-state index contributed by atoms with van der Waals surface area (Å²) in [6.07, 6.45) is 2.35. The van der Waals surface area contributed by atoms with Crippen LogP contribution in [-0.2, 0) is 6.42 Å². The van der Waals surface area contributed by atoms with Gasteiger partial charge in [0.05, 0.1) is 5.69 Å². The molecule has 2 N–H and O–H groups in total. The Morgan fingerprint density at radius 3 is 2.68 bits per heavy atom. The van der Waals surface area contributed by atoms with Crippen molar-refractivity contribution < 1.29 is 0 Å². The third-order valence-electron chi connectivity index (χ3n) is 3.62. The van der Waals surface area contributed by atoms with Crippen molar-refractivity contribution in [2.24, 2.45) is 0 Å². The molecule has 0 spiro atoms. The van der Waals surface area contributed by atoms with Crippen LogP contribution in [0.1, 0.15) is 17.5 Å². The molecule has 1 heterocycles. The number of aryl methyl sites for hydroxylation is 2. The van der Waals surface area contributed by atoms with E-state index in [1.54, 1.807) is 0 Å². The predicted octanol–water partition coefficient (Wildman–Crippen LogP) is 4.42. The molecular weight excluding hydrogens is 300 g/mol. The second kappa shape index (κ2) is 4.89. The fraction of sp³-hybridized carbons (Fsp3) is 0.250. The standard InChI is InChI=1S/C16H17BrN2/c1-11-4-6-15-12(9-11)3-2-8-19(15)16-7-5-13(18)10-14(16)17/h4-7,9-10H,2-3,8,18H2,1H3. The summed E-state index contributed by atoms with van der Waals surface area (Å²) in [6, 6.07) is 12.7. The van der Waals surface area contributed by atoms with Crippen LogP contribution in [0.4, 0.5) is 17.1 Å². The molecular formula is C16H17BrN2. The molecule has 0 bridgehead atoms. The van der Waals surface area contributed by atoms with E-state index in [-0.39, 0.29) is 0 Å². The average molecular weight is 317 g/mol. The van der Waals surface area contributed by atoms with Gasteiger partial charge in [0, 0.05) is 22.4 Å². The summed E-state index contributed by atoms with van der Waals surface area (Å²) < 4.78 is 1.06. The first-order valence-electron chi connectivity index (χ1n) is 6.57. The Hall–Kier alpha value is -1.48. The number of nitrogens with zero attached hydrogens (tertiary/aromatic N) is 1. The Kier molecular flexibility index (Phi) is 3.23. The van der Waals surface area contributed by atoms with Crippen LogP contribution in [0, 0.1) is 6.92 Å². The normalized spacial score (nSPS) is 14.3. The van der Waals surface area contributed by atoms with Crippen LogP contribution in [0.25, 0.3) is 0 Å². The number of hydrogen-bond acceptors (Lipinski definition) is 2. The lowest BCUT2D eigenvalue weighted by molar-refractivity contribution is 0.765. The number of nitrogens with two attached hydrogens (primary N) is 1. The monoisotopic (exact) mass is 316 g/mol. The number of rotatable bonds is 1. The highest BCUT2D eigenvalue weighted by Gasteiger charge is 2.19. The number of halogens is 1. The molecule has 0 saturated heterocycles. The summed E-state index contributed by atoms with van der Waals surface area (Å²) in [4.78, 5) is 2.38. The zero-order valence-corrected chi connectivity index (χ0v) is 12.6. The Bertz CT molecular complexity index is 622. The second-order valence-corrected chi connectivity index (χ2v) is 5.95. The minimum absolute atomic E-state index is 0.789. The molecule has 1 aliphatic rings. The average Bonchev–Trinajstić information content (AvgIpc) is 2.38. The van der Waals surface area contributed by atoms with Gasteiger partial charge in [-0.2, -0.15) is 0 Å². The highest BCUT2D eigenvalue weighted by atomic mass is 79.9. The van der Waals surface area contributed by atoms with Gasteiger partial charge in [-0.05, 0) is 65.5 Å². The molecule has 2 nitrogen and oxygen atoms in total. The number of hydrogen-bond donors (Lipinski definition) is 1. The first-order chi connectivity index (χ1) is 9.15. The largest absolute Gasteiger partial charge is 0.399 e. The van der Waals surface area contributed by atoms with E-state index >= 15 is 0 Å². The summed E-state index contributed by atoms with van der Waals surface area (Å²) in [5.74, 6) is 0. The maximum atomic E-state index is 5.82. The van der Waals surface area contributed by atoms with E-state index in [2.05, 4.69) is 52.0 Å². The lowest BCUT2D eigenvalue weighted by Gasteiger charge is -2.32. The number of anilines is 3. The summed E-state index contributed by atoms with van der Waals surface area (Å²) >= 11 is 3.63. The Balaban J connectivity index is 2.08. The molecule has 0 saturated carbocycles. The molecule has 0 aliphatic carbocycles. The maximum absolute atomic E-state index is 5.82. The molecule has 0 fully saturated rings. The van der Waals surface area contributed by atoms with Gasteiger partial charge in [-0.3, -0.25) is 0 Å². The molecule has 0 aromatic heterocycles. The van der Waals surface area contributed by atoms with Gasteiger partial charge < -0.3 is 10.6 Å². The van der Waals surface area contributed by atoms with Crippen molar-refractivity contribution in [1.82, 2.24) is 0 Å². The maximum Gasteiger partial charge on any atom is 0.0556 e. The van der Waals surface area contributed by atoms with Gasteiger partial charge in [0.25, 0.3) is 0 Å². The Morgan fingerprint density at radius 1 is 1.11 bits per heavy atom. The quantitative estimate of drug-likeness (QED) is 0.789. The summed E-state index contributed by atoms with van der Waals surface area (Å²) in [6.45, 7) is 3.21. The predicted molar refractivity (Wildman–Crippen MR) is 85.1 cm³/mol. The van der Waals surface area contributed by atoms with E-state index in [4.69, 9.17) is 5.73 Å². The Labute approximate surface area is 122 Å². The molecule has 0 unspecified atom stereocenters. The third-order valence-corrected chi connectivity index (χ3v) is 4.25. The number of fused-ring (bicyclic) bond motifs is 1. The number of benzene rings is 2. The summed E-state index contributed by atoms with van der Waals surface area (Å²) in [7, 11) is 0. The lowest BCUT2D eigenvalue weighted by Crippen LogP contribution is -2.24. The van der Waals surface area contributed by atoms with E-state index in [0.717, 1.165) is 16.7 Å². The van der Waals surface area contributed by atoms with Crippen molar-refractivity contribution in [2.45, 2.75) is 19.8 Å². The third kappa shape index (κ3) is 2.35. The van der Waals surface area contributed by atoms with Crippen molar-refractivity contribution in [1.29, 1.82) is 0 Å². The van der Waals surface area contributed by atoms with Crippen LogP contribution < -0.4 is 10.6 Å². The van der Waals surface area contributed by atoms with Gasteiger partial charge in [-0.15, -0.1) is 0 Å². The minimum atomic E-state index is 0.789. The fourth-order valence-corrected chi connectivity index (χ4v) is 3.33. The van der Waals surface area contributed by atoms with Crippen molar-refractivity contribution in [3.63, 3.8) is 0 Å². The first-order valence-corrected chi connectivity index (χ1v) is 7.36. The van der Waals surface area contributed by atoms with Crippen LogP contribution in [0.2, 0.25) is 0 Å². The van der Waals surface area contributed by atoms with Crippen molar-refractivity contribution in [3.05, 3.63) is 52.0 Å². The Morgan fingerprint density at radius 2 is 1.89 bits per heavy atom. The van der Waals surface area contributed by atoms with Gasteiger partial charge in [-0.25, -0.2) is 0 Å². The van der Waals surface area contributed by atoms with Crippen LogP contribution >= 0.6 is 15.9 Å². The minimum Gasteiger partial charge on any atom is -0.399 e. The van der Waals surface area contributed by atoms with Crippen molar-refractivity contribution in [2.75, 3.05) is 17.2 Å². The molecule has 1 aliphatic heterocycles. The van der Waals surface area contributed by atoms with Crippen LogP contribution in [0.15, 0.2) is 40.9 Å². The zero-order valence-electron chi connectivity index (χ0n) is 11.0. The molecule has 19 heavy (non-hydrogen) atoms. The molecule has 0 radical (unpaired) electrons. The van der Waals surface area contributed by atoms with Gasteiger partial charge in [0.15, 0.2) is 0 Å². The molecule has 2 aromatic carbocycles. The molecule has 3 rings (SSSR count). The molecule has 98 valence electrons. The second-order valence-electron chi connectivity index (χ2n) is 5.10. The SMILES string of the molecule is Cc1ccc2c(c1)CCCN2c1ccc(N)cc1Br. The van der Waals surface area contributed by atoms with E-state index in [0.29, 0.717) is 0 Å². The van der Waals surface area contributed by atoms with E-state index < -0.39 is 0 Å². The smallest absolute Gasteiger partial charge is 0.0556 e. The van der Waals surface area contributed by atoms with E-state index in [1.165, 1.54) is 35.3 Å². The van der Waals surface area contributed by atoms with Gasteiger partial charge in [0.1, 0.15) is 0 Å². The van der Waals surface area contributed by atoms with Crippen molar-refractivity contribution in [3.8, 4) is 0 Å². The lowest BCUT2D eigenvalue weighted by atomic mass is 9.99. The van der Waals surface area contributed by atoms with Crippen molar-refractivity contribution >= 4 is 33.0 Å². The van der Waals surface area contributed by atoms with E-state index in [9.17, 15) is 0 Å². The summed E-state index contributed by atoms with van der Waals surface area (Å²) in [5, 5.41) is 0. The van der Waals surface area contributed by atoms with Crippen LogP contribution in [-0.4, -0.2) is 6.54 Å². The van der Waals surface area contributed by atoms with Gasteiger partial charge in [-0.1, -0.05) is 17.7 Å².